The van der Waals surface area contributed by atoms with Crippen LogP contribution in [0.25, 0.3) is 0 Å². The predicted octanol–water partition coefficient (Wildman–Crippen LogP) is 4.03. The Bertz CT molecular complexity index is 237. The minimum Gasteiger partial charge on any atom is -0.379 e. The van der Waals surface area contributed by atoms with Gasteiger partial charge in [0.2, 0.25) is 0 Å². The van der Waals surface area contributed by atoms with E-state index in [9.17, 15) is 0 Å². The SMILES string of the molecule is CCOCCOC1(C)CC2CC(CC)CC(C2)C1. The van der Waals surface area contributed by atoms with E-state index in [-0.39, 0.29) is 5.60 Å². The van der Waals surface area contributed by atoms with E-state index < -0.39 is 0 Å². The summed E-state index contributed by atoms with van der Waals surface area (Å²) in [7, 11) is 0. The molecule has 0 aliphatic heterocycles. The molecule has 0 amide bonds. The van der Waals surface area contributed by atoms with Crippen LogP contribution >= 0.6 is 0 Å². The maximum absolute atomic E-state index is 6.15. The molecule has 2 fully saturated rings. The molecule has 0 aromatic rings. The van der Waals surface area contributed by atoms with Crippen molar-refractivity contribution in [3.63, 3.8) is 0 Å². The molecule has 2 heteroatoms. The van der Waals surface area contributed by atoms with Crippen molar-refractivity contribution in [2.24, 2.45) is 17.8 Å². The fourth-order valence-electron chi connectivity index (χ4n) is 4.28. The summed E-state index contributed by atoms with van der Waals surface area (Å²) in [5.41, 5.74) is 0.128. The minimum absolute atomic E-state index is 0.128. The minimum atomic E-state index is 0.128. The standard InChI is InChI=1S/C16H30O2/c1-4-13-8-14-10-15(9-13)12-16(3,11-14)18-7-6-17-5-2/h13-15H,4-12H2,1-3H3. The zero-order valence-corrected chi connectivity index (χ0v) is 12.4. The second kappa shape index (κ2) is 6.38. The Kier molecular flexibility index (Phi) is 5.08. The lowest BCUT2D eigenvalue weighted by Crippen LogP contribution is -2.43. The lowest BCUT2D eigenvalue weighted by Gasteiger charge is -2.47. The van der Waals surface area contributed by atoms with Crippen molar-refractivity contribution in [3.05, 3.63) is 0 Å². The van der Waals surface area contributed by atoms with Crippen molar-refractivity contribution in [1.29, 1.82) is 0 Å². The van der Waals surface area contributed by atoms with Gasteiger partial charge in [0.1, 0.15) is 0 Å². The van der Waals surface area contributed by atoms with Crippen LogP contribution in [0.5, 0.6) is 0 Å². The molecule has 2 bridgehead atoms. The van der Waals surface area contributed by atoms with Crippen molar-refractivity contribution in [3.8, 4) is 0 Å². The predicted molar refractivity (Wildman–Crippen MR) is 74.7 cm³/mol. The highest BCUT2D eigenvalue weighted by Gasteiger charge is 2.41. The molecule has 0 heterocycles. The number of fused-ring (bicyclic) bond motifs is 2. The first kappa shape index (κ1) is 14.3. The summed E-state index contributed by atoms with van der Waals surface area (Å²) in [4.78, 5) is 0. The fourth-order valence-corrected chi connectivity index (χ4v) is 4.28. The molecule has 2 aliphatic carbocycles. The third kappa shape index (κ3) is 3.71. The zero-order chi connectivity index (χ0) is 13.0. The van der Waals surface area contributed by atoms with Crippen molar-refractivity contribution in [1.82, 2.24) is 0 Å². The third-order valence-corrected chi connectivity index (χ3v) is 4.90. The molecule has 0 saturated heterocycles. The van der Waals surface area contributed by atoms with Gasteiger partial charge in [0.05, 0.1) is 18.8 Å². The smallest absolute Gasteiger partial charge is 0.0707 e. The Balaban J connectivity index is 1.81. The average molecular weight is 254 g/mol. The van der Waals surface area contributed by atoms with Crippen LogP contribution in [0, 0.1) is 17.8 Å². The van der Waals surface area contributed by atoms with Gasteiger partial charge in [-0.15, -0.1) is 0 Å². The van der Waals surface area contributed by atoms with Crippen molar-refractivity contribution in [2.45, 2.75) is 64.9 Å². The highest BCUT2D eigenvalue weighted by molar-refractivity contribution is 4.93. The molecular formula is C16H30O2. The average Bonchev–Trinajstić information content (AvgIpc) is 2.33. The van der Waals surface area contributed by atoms with Crippen molar-refractivity contribution in [2.75, 3.05) is 19.8 Å². The molecule has 2 atom stereocenters. The molecule has 0 radical (unpaired) electrons. The van der Waals surface area contributed by atoms with Crippen LogP contribution in [0.3, 0.4) is 0 Å². The zero-order valence-electron chi connectivity index (χ0n) is 12.4. The van der Waals surface area contributed by atoms with E-state index in [0.29, 0.717) is 0 Å². The Hall–Kier alpha value is -0.0800. The van der Waals surface area contributed by atoms with E-state index in [4.69, 9.17) is 9.47 Å². The summed E-state index contributed by atoms with van der Waals surface area (Å²) in [6.07, 6.45) is 8.25. The molecular weight excluding hydrogens is 224 g/mol. The van der Waals surface area contributed by atoms with Gasteiger partial charge >= 0.3 is 0 Å². The molecule has 2 aliphatic rings. The molecule has 106 valence electrons. The van der Waals surface area contributed by atoms with Gasteiger partial charge in [-0.3, -0.25) is 0 Å². The monoisotopic (exact) mass is 254 g/mol. The van der Waals surface area contributed by atoms with E-state index >= 15 is 0 Å². The van der Waals surface area contributed by atoms with Crippen LogP contribution < -0.4 is 0 Å². The van der Waals surface area contributed by atoms with Crippen molar-refractivity contribution < 1.29 is 9.47 Å². The summed E-state index contributed by atoms with van der Waals surface area (Å²) in [5, 5.41) is 0. The first-order valence-corrected chi connectivity index (χ1v) is 7.87. The Morgan fingerprint density at radius 1 is 1.00 bits per heavy atom. The molecule has 0 spiro atoms. The van der Waals surface area contributed by atoms with Gasteiger partial charge < -0.3 is 9.47 Å². The van der Waals surface area contributed by atoms with Gasteiger partial charge in [-0.05, 0) is 63.7 Å². The highest BCUT2D eigenvalue weighted by atomic mass is 16.5. The molecule has 2 rings (SSSR count). The van der Waals surface area contributed by atoms with Crippen LogP contribution in [-0.2, 0) is 9.47 Å². The molecule has 0 aromatic heterocycles. The van der Waals surface area contributed by atoms with Gasteiger partial charge in [-0.2, -0.15) is 0 Å². The van der Waals surface area contributed by atoms with Gasteiger partial charge in [0, 0.05) is 6.61 Å². The summed E-state index contributed by atoms with van der Waals surface area (Å²) in [6.45, 7) is 9.02. The number of rotatable bonds is 6. The molecule has 2 unspecified atom stereocenters. The van der Waals surface area contributed by atoms with E-state index in [0.717, 1.165) is 37.6 Å². The van der Waals surface area contributed by atoms with Crippen LogP contribution in [0.15, 0.2) is 0 Å². The van der Waals surface area contributed by atoms with Crippen LogP contribution in [0.1, 0.15) is 59.3 Å². The largest absolute Gasteiger partial charge is 0.379 e. The maximum atomic E-state index is 6.15. The van der Waals surface area contributed by atoms with Gasteiger partial charge in [0.25, 0.3) is 0 Å². The van der Waals surface area contributed by atoms with Crippen molar-refractivity contribution >= 4 is 0 Å². The first-order valence-electron chi connectivity index (χ1n) is 7.87. The summed E-state index contributed by atoms with van der Waals surface area (Å²) < 4.78 is 11.5. The number of ether oxygens (including phenoxy) is 2. The molecule has 2 saturated carbocycles. The second-order valence-electron chi connectivity index (χ2n) is 6.62. The lowest BCUT2D eigenvalue weighted by molar-refractivity contribution is -0.111. The van der Waals surface area contributed by atoms with E-state index in [2.05, 4.69) is 13.8 Å². The van der Waals surface area contributed by atoms with E-state index in [1.54, 1.807) is 0 Å². The second-order valence-corrected chi connectivity index (χ2v) is 6.62. The lowest BCUT2D eigenvalue weighted by atomic mass is 9.63. The fraction of sp³-hybridized carbons (Fsp3) is 1.00. The van der Waals surface area contributed by atoms with Gasteiger partial charge in [0.15, 0.2) is 0 Å². The molecule has 2 nitrogen and oxygen atoms in total. The Morgan fingerprint density at radius 2 is 1.67 bits per heavy atom. The Labute approximate surface area is 112 Å². The summed E-state index contributed by atoms with van der Waals surface area (Å²) in [6, 6.07) is 0. The van der Waals surface area contributed by atoms with Crippen LogP contribution in [0.4, 0.5) is 0 Å². The molecule has 0 aromatic carbocycles. The van der Waals surface area contributed by atoms with Gasteiger partial charge in [-0.25, -0.2) is 0 Å². The number of hydrogen-bond donors (Lipinski definition) is 0. The number of hydrogen-bond acceptors (Lipinski definition) is 2. The summed E-state index contributed by atoms with van der Waals surface area (Å²) >= 11 is 0. The van der Waals surface area contributed by atoms with E-state index in [1.165, 1.54) is 38.5 Å². The Morgan fingerprint density at radius 3 is 2.22 bits per heavy atom. The van der Waals surface area contributed by atoms with Crippen LogP contribution in [-0.4, -0.2) is 25.4 Å². The molecule has 0 N–H and O–H groups in total. The maximum Gasteiger partial charge on any atom is 0.0707 e. The topological polar surface area (TPSA) is 18.5 Å². The summed E-state index contributed by atoms with van der Waals surface area (Å²) in [5.74, 6) is 2.82. The van der Waals surface area contributed by atoms with Crippen LogP contribution in [0.2, 0.25) is 0 Å². The molecule has 18 heavy (non-hydrogen) atoms. The normalized spacial score (nSPS) is 39.8. The first-order chi connectivity index (χ1) is 8.65. The highest BCUT2D eigenvalue weighted by Crippen LogP contribution is 2.48. The third-order valence-electron chi connectivity index (χ3n) is 4.90. The quantitative estimate of drug-likeness (QED) is 0.666. The van der Waals surface area contributed by atoms with E-state index in [1.807, 2.05) is 6.92 Å². The van der Waals surface area contributed by atoms with Gasteiger partial charge in [-0.1, -0.05) is 13.3 Å².